The number of halogens is 1. The van der Waals surface area contributed by atoms with E-state index in [4.69, 9.17) is 10.5 Å². The Morgan fingerprint density at radius 2 is 1.62 bits per heavy atom. The van der Waals surface area contributed by atoms with Crippen LogP contribution in [-0.2, 0) is 13.0 Å². The molecule has 0 atom stereocenters. The van der Waals surface area contributed by atoms with E-state index in [0.29, 0.717) is 12.5 Å². The summed E-state index contributed by atoms with van der Waals surface area (Å²) in [5.41, 5.74) is 10.5. The second kappa shape index (κ2) is 8.06. The van der Waals surface area contributed by atoms with Crippen molar-refractivity contribution in [3.8, 4) is 16.9 Å². The maximum Gasteiger partial charge on any atom is 0.126 e. The topological polar surface area (TPSA) is 35.2 Å². The molecule has 114 valence electrons. The molecule has 3 heteroatoms. The van der Waals surface area contributed by atoms with Crippen molar-refractivity contribution in [1.29, 1.82) is 0 Å². The van der Waals surface area contributed by atoms with Gasteiger partial charge in [0.05, 0.1) is 7.11 Å². The van der Waals surface area contributed by atoms with Crippen LogP contribution < -0.4 is 10.5 Å². The van der Waals surface area contributed by atoms with Crippen LogP contribution in [0.2, 0.25) is 0 Å². The summed E-state index contributed by atoms with van der Waals surface area (Å²) in [6, 6.07) is 14.8. The molecule has 0 aromatic heterocycles. The van der Waals surface area contributed by atoms with Crippen LogP contribution in [0.15, 0.2) is 42.5 Å². The highest BCUT2D eigenvalue weighted by molar-refractivity contribution is 5.85. The van der Waals surface area contributed by atoms with Crippen molar-refractivity contribution in [3.05, 3.63) is 53.6 Å². The van der Waals surface area contributed by atoms with E-state index < -0.39 is 0 Å². The Kier molecular flexibility index (Phi) is 6.73. The highest BCUT2D eigenvalue weighted by atomic mass is 35.5. The quantitative estimate of drug-likeness (QED) is 0.886. The molecule has 0 aliphatic carbocycles. The molecule has 0 fully saturated rings. The zero-order chi connectivity index (χ0) is 14.5. The number of benzene rings is 2. The Morgan fingerprint density at radius 1 is 1.00 bits per heavy atom. The second-order valence-electron chi connectivity index (χ2n) is 5.53. The Hall–Kier alpha value is -1.51. The molecule has 0 unspecified atom stereocenters. The van der Waals surface area contributed by atoms with Gasteiger partial charge in [-0.2, -0.15) is 0 Å². The molecule has 2 N–H and O–H groups in total. The van der Waals surface area contributed by atoms with Crippen LogP contribution in [0.5, 0.6) is 5.75 Å². The van der Waals surface area contributed by atoms with Gasteiger partial charge in [0.25, 0.3) is 0 Å². The van der Waals surface area contributed by atoms with Crippen molar-refractivity contribution in [2.45, 2.75) is 26.8 Å². The maximum absolute atomic E-state index is 5.73. The normalized spacial score (nSPS) is 10.3. The predicted octanol–water partition coefficient (Wildman–Crippen LogP) is 4.44. The molecule has 0 heterocycles. The van der Waals surface area contributed by atoms with E-state index in [0.717, 1.165) is 23.3 Å². The summed E-state index contributed by atoms with van der Waals surface area (Å²) in [5, 5.41) is 0. The van der Waals surface area contributed by atoms with Gasteiger partial charge in [-0.05, 0) is 41.2 Å². The first-order valence-electron chi connectivity index (χ1n) is 7.10. The lowest BCUT2D eigenvalue weighted by molar-refractivity contribution is 0.416. The summed E-state index contributed by atoms with van der Waals surface area (Å²) in [6.45, 7) is 5.02. The molecule has 0 saturated heterocycles. The van der Waals surface area contributed by atoms with Crippen molar-refractivity contribution in [2.24, 2.45) is 11.7 Å². The third kappa shape index (κ3) is 4.48. The van der Waals surface area contributed by atoms with Crippen LogP contribution in [-0.4, -0.2) is 7.11 Å². The largest absolute Gasteiger partial charge is 0.496 e. The molecule has 0 spiro atoms. The summed E-state index contributed by atoms with van der Waals surface area (Å²) in [4.78, 5) is 0. The molecule has 2 nitrogen and oxygen atoms in total. The van der Waals surface area contributed by atoms with E-state index >= 15 is 0 Å². The van der Waals surface area contributed by atoms with Gasteiger partial charge in [0.1, 0.15) is 5.75 Å². The predicted molar refractivity (Wildman–Crippen MR) is 92.1 cm³/mol. The van der Waals surface area contributed by atoms with Crippen LogP contribution in [0.4, 0.5) is 0 Å². The molecule has 2 aromatic carbocycles. The highest BCUT2D eigenvalue weighted by Gasteiger charge is 2.07. The van der Waals surface area contributed by atoms with Crippen molar-refractivity contribution < 1.29 is 4.74 Å². The summed E-state index contributed by atoms with van der Waals surface area (Å²) in [6.07, 6.45) is 1.11. The number of hydrogen-bond donors (Lipinski definition) is 1. The molecule has 0 radical (unpaired) electrons. The van der Waals surface area contributed by atoms with Gasteiger partial charge >= 0.3 is 0 Å². The summed E-state index contributed by atoms with van der Waals surface area (Å²) < 4.78 is 5.45. The first kappa shape index (κ1) is 17.5. The first-order chi connectivity index (χ1) is 9.63. The summed E-state index contributed by atoms with van der Waals surface area (Å²) in [5.74, 6) is 1.56. The fourth-order valence-electron chi connectivity index (χ4n) is 2.40. The van der Waals surface area contributed by atoms with E-state index in [-0.39, 0.29) is 12.4 Å². The van der Waals surface area contributed by atoms with Crippen molar-refractivity contribution >= 4 is 12.4 Å². The van der Waals surface area contributed by atoms with E-state index in [1.165, 1.54) is 11.1 Å². The minimum atomic E-state index is 0. The first-order valence-corrected chi connectivity index (χ1v) is 7.10. The maximum atomic E-state index is 5.73. The lowest BCUT2D eigenvalue weighted by Gasteiger charge is -2.11. The fourth-order valence-corrected chi connectivity index (χ4v) is 2.40. The zero-order valence-electron chi connectivity index (χ0n) is 12.9. The Labute approximate surface area is 133 Å². The third-order valence-corrected chi connectivity index (χ3v) is 3.41. The number of nitrogens with two attached hydrogens (primary N) is 1. The van der Waals surface area contributed by atoms with Crippen LogP contribution >= 0.6 is 12.4 Å². The van der Waals surface area contributed by atoms with Gasteiger partial charge in [-0.15, -0.1) is 12.4 Å². The van der Waals surface area contributed by atoms with Gasteiger partial charge in [-0.25, -0.2) is 0 Å². The van der Waals surface area contributed by atoms with Crippen LogP contribution in [0.25, 0.3) is 11.1 Å². The van der Waals surface area contributed by atoms with Crippen LogP contribution in [0.3, 0.4) is 0 Å². The Morgan fingerprint density at radius 3 is 2.14 bits per heavy atom. The van der Waals surface area contributed by atoms with E-state index in [2.05, 4.69) is 44.2 Å². The molecule has 0 bridgehead atoms. The average molecular weight is 306 g/mol. The lowest BCUT2D eigenvalue weighted by Crippen LogP contribution is -1.98. The van der Waals surface area contributed by atoms with Crippen LogP contribution in [0, 0.1) is 5.92 Å². The van der Waals surface area contributed by atoms with E-state index in [1.54, 1.807) is 7.11 Å². The number of methoxy groups -OCH3 is 1. The molecular weight excluding hydrogens is 282 g/mol. The molecule has 0 saturated carbocycles. The monoisotopic (exact) mass is 305 g/mol. The third-order valence-electron chi connectivity index (χ3n) is 3.41. The molecule has 21 heavy (non-hydrogen) atoms. The van der Waals surface area contributed by atoms with E-state index in [1.807, 2.05) is 12.1 Å². The van der Waals surface area contributed by atoms with Crippen molar-refractivity contribution in [2.75, 3.05) is 7.11 Å². The van der Waals surface area contributed by atoms with Gasteiger partial charge in [0.2, 0.25) is 0 Å². The minimum Gasteiger partial charge on any atom is -0.496 e. The number of hydrogen-bond acceptors (Lipinski definition) is 2. The lowest BCUT2D eigenvalue weighted by atomic mass is 9.97. The molecule has 0 amide bonds. The SMILES string of the molecule is COc1ccc(CN)cc1-c1ccc(CC(C)C)cc1.Cl. The second-order valence-corrected chi connectivity index (χ2v) is 5.53. The average Bonchev–Trinajstić information content (AvgIpc) is 2.46. The minimum absolute atomic E-state index is 0. The van der Waals surface area contributed by atoms with Crippen molar-refractivity contribution in [3.63, 3.8) is 0 Å². The molecule has 2 aromatic rings. The smallest absolute Gasteiger partial charge is 0.126 e. The zero-order valence-corrected chi connectivity index (χ0v) is 13.7. The van der Waals surface area contributed by atoms with Gasteiger partial charge in [-0.1, -0.05) is 44.2 Å². The Bertz CT molecular complexity index is 564. The van der Waals surface area contributed by atoms with Crippen LogP contribution in [0.1, 0.15) is 25.0 Å². The van der Waals surface area contributed by atoms with Gasteiger partial charge in [0, 0.05) is 12.1 Å². The summed E-state index contributed by atoms with van der Waals surface area (Å²) >= 11 is 0. The van der Waals surface area contributed by atoms with Gasteiger partial charge in [-0.3, -0.25) is 0 Å². The molecule has 0 aliphatic rings. The van der Waals surface area contributed by atoms with Crippen molar-refractivity contribution in [1.82, 2.24) is 0 Å². The van der Waals surface area contributed by atoms with Gasteiger partial charge in [0.15, 0.2) is 0 Å². The molecular formula is C18H24ClNO. The molecule has 0 aliphatic heterocycles. The standard InChI is InChI=1S/C18H23NO.ClH/c1-13(2)10-14-4-7-16(8-5-14)17-11-15(12-19)6-9-18(17)20-3;/h4-9,11,13H,10,12,19H2,1-3H3;1H. The van der Waals surface area contributed by atoms with E-state index in [9.17, 15) is 0 Å². The number of ether oxygens (including phenoxy) is 1. The fraction of sp³-hybridized carbons (Fsp3) is 0.333. The van der Waals surface area contributed by atoms with Gasteiger partial charge < -0.3 is 10.5 Å². The highest BCUT2D eigenvalue weighted by Crippen LogP contribution is 2.31. The number of rotatable bonds is 5. The molecule has 2 rings (SSSR count). The Balaban J connectivity index is 0.00000220. The summed E-state index contributed by atoms with van der Waals surface area (Å²) in [7, 11) is 1.70.